The molecule has 3 rings (SSSR count). The Kier molecular flexibility index (Phi) is 6.45. The molecule has 2 atom stereocenters. The van der Waals surface area contributed by atoms with Gasteiger partial charge in [-0.3, -0.25) is 19.9 Å². The summed E-state index contributed by atoms with van der Waals surface area (Å²) in [5, 5.41) is 3.24. The molecule has 0 saturated carbocycles. The van der Waals surface area contributed by atoms with Gasteiger partial charge >= 0.3 is 6.03 Å². The number of halogens is 2. The molecule has 0 bridgehead atoms. The minimum Gasteiger partial charge on any atom is -0.497 e. The first-order chi connectivity index (χ1) is 15.1. The van der Waals surface area contributed by atoms with Crippen LogP contribution in [0.1, 0.15) is 31.0 Å². The Morgan fingerprint density at radius 3 is 2.44 bits per heavy atom. The van der Waals surface area contributed by atoms with Crippen molar-refractivity contribution >= 4 is 17.8 Å². The summed E-state index contributed by atoms with van der Waals surface area (Å²) in [6.07, 6.45) is 0. The number of methoxy groups -OCH3 is 1. The van der Waals surface area contributed by atoms with Crippen LogP contribution in [0.4, 0.5) is 13.6 Å². The van der Waals surface area contributed by atoms with Crippen LogP contribution >= 0.6 is 0 Å². The van der Waals surface area contributed by atoms with E-state index in [1.54, 1.807) is 50.1 Å². The van der Waals surface area contributed by atoms with E-state index in [-0.39, 0.29) is 6.54 Å². The third kappa shape index (κ3) is 4.40. The van der Waals surface area contributed by atoms with Crippen molar-refractivity contribution in [1.82, 2.24) is 20.7 Å². The van der Waals surface area contributed by atoms with Crippen LogP contribution in [0.3, 0.4) is 0 Å². The van der Waals surface area contributed by atoms with Crippen LogP contribution in [0, 0.1) is 11.6 Å². The molecule has 1 heterocycles. The standard InChI is InChI=1S/C22H24F2N4O4/c1-13(14-5-10-17(23)18(24)11-14)27(3)12-19(29)26-28-20(30)22(2,25-21(28)31)15-6-8-16(32-4)9-7-15/h5-11,13H,12H2,1-4H3,(H,25,31)(H,26,29). The topological polar surface area (TPSA) is 91.0 Å². The zero-order chi connectivity index (χ0) is 23.6. The lowest BCUT2D eigenvalue weighted by molar-refractivity contribution is -0.139. The van der Waals surface area contributed by atoms with Gasteiger partial charge in [-0.05, 0) is 56.3 Å². The maximum atomic E-state index is 13.5. The van der Waals surface area contributed by atoms with E-state index in [9.17, 15) is 23.2 Å². The predicted molar refractivity (Wildman–Crippen MR) is 111 cm³/mol. The van der Waals surface area contributed by atoms with Gasteiger partial charge in [0.2, 0.25) is 0 Å². The van der Waals surface area contributed by atoms with Gasteiger partial charge in [0.15, 0.2) is 11.6 Å². The van der Waals surface area contributed by atoms with E-state index in [0.717, 1.165) is 12.1 Å². The van der Waals surface area contributed by atoms with Gasteiger partial charge in [-0.15, -0.1) is 0 Å². The molecule has 170 valence electrons. The normalized spacial score (nSPS) is 19.2. The fraction of sp³-hybridized carbons (Fsp3) is 0.318. The van der Waals surface area contributed by atoms with Gasteiger partial charge < -0.3 is 10.1 Å². The number of carbonyl (C=O) groups is 3. The number of hydrazine groups is 1. The Balaban J connectivity index is 1.67. The Hall–Kier alpha value is -3.53. The molecule has 1 fully saturated rings. The molecule has 1 saturated heterocycles. The first kappa shape index (κ1) is 23.1. The van der Waals surface area contributed by atoms with Crippen molar-refractivity contribution in [3.05, 3.63) is 65.2 Å². The van der Waals surface area contributed by atoms with Crippen LogP contribution in [0.5, 0.6) is 5.75 Å². The number of nitrogens with zero attached hydrogens (tertiary/aromatic N) is 2. The number of carbonyl (C=O) groups excluding carboxylic acids is 3. The fourth-order valence-electron chi connectivity index (χ4n) is 3.41. The Bertz CT molecular complexity index is 1050. The van der Waals surface area contributed by atoms with Crippen molar-refractivity contribution in [3.63, 3.8) is 0 Å². The van der Waals surface area contributed by atoms with Gasteiger partial charge in [-0.2, -0.15) is 5.01 Å². The number of hydrogen-bond donors (Lipinski definition) is 2. The average Bonchev–Trinajstić information content (AvgIpc) is 2.99. The summed E-state index contributed by atoms with van der Waals surface area (Å²) in [7, 11) is 3.12. The van der Waals surface area contributed by atoms with Crippen LogP contribution in [0.25, 0.3) is 0 Å². The number of nitrogens with one attached hydrogen (secondary N) is 2. The smallest absolute Gasteiger partial charge is 0.344 e. The zero-order valence-corrected chi connectivity index (χ0v) is 18.1. The Labute approximate surface area is 184 Å². The second-order valence-corrected chi connectivity index (χ2v) is 7.72. The number of amides is 4. The van der Waals surface area contributed by atoms with Crippen LogP contribution in [0.2, 0.25) is 0 Å². The quantitative estimate of drug-likeness (QED) is 0.638. The van der Waals surface area contributed by atoms with Gasteiger partial charge in [0.05, 0.1) is 13.7 Å². The summed E-state index contributed by atoms with van der Waals surface area (Å²) in [4.78, 5) is 39.4. The molecule has 8 nitrogen and oxygen atoms in total. The minimum absolute atomic E-state index is 0.198. The van der Waals surface area contributed by atoms with E-state index in [1.807, 2.05) is 0 Å². The van der Waals surface area contributed by atoms with E-state index < -0.39 is 41.1 Å². The summed E-state index contributed by atoms with van der Waals surface area (Å²) >= 11 is 0. The van der Waals surface area contributed by atoms with Gasteiger partial charge in [-0.25, -0.2) is 13.6 Å². The fourth-order valence-corrected chi connectivity index (χ4v) is 3.41. The monoisotopic (exact) mass is 446 g/mol. The Morgan fingerprint density at radius 2 is 1.84 bits per heavy atom. The van der Waals surface area contributed by atoms with E-state index in [0.29, 0.717) is 21.9 Å². The van der Waals surface area contributed by atoms with Crippen molar-refractivity contribution in [2.24, 2.45) is 0 Å². The van der Waals surface area contributed by atoms with Crippen LogP contribution in [-0.4, -0.2) is 48.5 Å². The second kappa shape index (κ2) is 8.91. The summed E-state index contributed by atoms with van der Waals surface area (Å²) in [5.74, 6) is -2.61. The molecule has 0 aliphatic carbocycles. The van der Waals surface area contributed by atoms with Gasteiger partial charge in [0, 0.05) is 6.04 Å². The third-order valence-electron chi connectivity index (χ3n) is 5.57. The van der Waals surface area contributed by atoms with Crippen LogP contribution < -0.4 is 15.5 Å². The van der Waals surface area contributed by atoms with Gasteiger partial charge in [0.1, 0.15) is 11.3 Å². The molecule has 2 N–H and O–H groups in total. The first-order valence-corrected chi connectivity index (χ1v) is 9.82. The Morgan fingerprint density at radius 1 is 1.19 bits per heavy atom. The lowest BCUT2D eigenvalue weighted by Gasteiger charge is -2.26. The molecule has 0 aromatic heterocycles. The number of likely N-dealkylation sites (N-methyl/N-ethyl adjacent to an activating group) is 1. The molecule has 0 spiro atoms. The van der Waals surface area contributed by atoms with E-state index in [2.05, 4.69) is 10.7 Å². The number of benzene rings is 2. The van der Waals surface area contributed by atoms with Crippen molar-refractivity contribution < 1.29 is 27.9 Å². The number of ether oxygens (including phenoxy) is 1. The molecule has 4 amide bonds. The van der Waals surface area contributed by atoms with Crippen LogP contribution in [0.15, 0.2) is 42.5 Å². The highest BCUT2D eigenvalue weighted by Gasteiger charge is 2.50. The van der Waals surface area contributed by atoms with Crippen molar-refractivity contribution in [1.29, 1.82) is 0 Å². The minimum atomic E-state index is -1.36. The predicted octanol–water partition coefficient (Wildman–Crippen LogP) is 2.46. The molecule has 10 heteroatoms. The maximum absolute atomic E-state index is 13.5. The number of imide groups is 1. The lowest BCUT2D eigenvalue weighted by atomic mass is 9.92. The number of hydrogen-bond acceptors (Lipinski definition) is 5. The van der Waals surface area contributed by atoms with E-state index >= 15 is 0 Å². The number of urea groups is 1. The molecule has 2 aromatic carbocycles. The molecule has 1 aliphatic rings. The maximum Gasteiger partial charge on any atom is 0.344 e. The molecule has 0 radical (unpaired) electrons. The first-order valence-electron chi connectivity index (χ1n) is 9.82. The highest BCUT2D eigenvalue weighted by Crippen LogP contribution is 2.29. The third-order valence-corrected chi connectivity index (χ3v) is 5.57. The van der Waals surface area contributed by atoms with Crippen molar-refractivity contribution in [2.45, 2.75) is 25.4 Å². The van der Waals surface area contributed by atoms with Crippen molar-refractivity contribution in [2.75, 3.05) is 20.7 Å². The molecular formula is C22H24F2N4O4. The molecule has 2 unspecified atom stereocenters. The van der Waals surface area contributed by atoms with Gasteiger partial charge in [0.25, 0.3) is 11.8 Å². The van der Waals surface area contributed by atoms with E-state index in [1.165, 1.54) is 13.2 Å². The SMILES string of the molecule is COc1ccc(C2(C)NC(=O)N(NC(=O)CN(C)C(C)c3ccc(F)c(F)c3)C2=O)cc1. The summed E-state index contributed by atoms with van der Waals surface area (Å²) < 4.78 is 31.8. The van der Waals surface area contributed by atoms with Crippen LogP contribution in [-0.2, 0) is 15.1 Å². The zero-order valence-electron chi connectivity index (χ0n) is 18.1. The second-order valence-electron chi connectivity index (χ2n) is 7.72. The molecule has 2 aromatic rings. The average molecular weight is 446 g/mol. The summed E-state index contributed by atoms with van der Waals surface area (Å²) in [6.45, 7) is 3.06. The highest BCUT2D eigenvalue weighted by molar-refractivity contribution is 6.08. The highest BCUT2D eigenvalue weighted by atomic mass is 19.2. The number of rotatable bonds is 7. The summed E-state index contributed by atoms with van der Waals surface area (Å²) in [6, 6.07) is 8.94. The molecular weight excluding hydrogens is 422 g/mol. The lowest BCUT2D eigenvalue weighted by Crippen LogP contribution is -2.50. The summed E-state index contributed by atoms with van der Waals surface area (Å²) in [5.41, 5.74) is 1.96. The van der Waals surface area contributed by atoms with Crippen molar-refractivity contribution in [3.8, 4) is 5.75 Å². The van der Waals surface area contributed by atoms with E-state index in [4.69, 9.17) is 4.74 Å². The largest absolute Gasteiger partial charge is 0.497 e. The van der Waals surface area contributed by atoms with Gasteiger partial charge in [-0.1, -0.05) is 18.2 Å². The molecule has 32 heavy (non-hydrogen) atoms. The molecule has 1 aliphatic heterocycles.